The van der Waals surface area contributed by atoms with Crippen LogP contribution in [0.3, 0.4) is 0 Å². The van der Waals surface area contributed by atoms with Gasteiger partial charge in [-0.2, -0.15) is 0 Å². The molecule has 110 valence electrons. The van der Waals surface area contributed by atoms with Crippen molar-refractivity contribution in [2.45, 2.75) is 13.0 Å². The van der Waals surface area contributed by atoms with E-state index in [1.807, 2.05) is 61.5 Å². The second-order valence-corrected chi connectivity index (χ2v) is 5.02. The van der Waals surface area contributed by atoms with Crippen molar-refractivity contribution >= 4 is 5.91 Å². The van der Waals surface area contributed by atoms with Crippen molar-refractivity contribution in [1.82, 2.24) is 20.2 Å². The first-order valence-electron chi connectivity index (χ1n) is 6.86. The largest absolute Gasteiger partial charge is 0.367 e. The van der Waals surface area contributed by atoms with Gasteiger partial charge in [0.25, 0.3) is 0 Å². The predicted octanol–water partition coefficient (Wildman–Crippen LogP) is 1.72. The zero-order valence-corrected chi connectivity index (χ0v) is 12.0. The van der Waals surface area contributed by atoms with Gasteiger partial charge in [-0.3, -0.25) is 4.79 Å². The number of amides is 1. The Morgan fingerprint density at radius 1 is 1.09 bits per heavy atom. The van der Waals surface area contributed by atoms with Crippen LogP contribution in [0.5, 0.6) is 0 Å². The highest BCUT2D eigenvalue weighted by Gasteiger charge is 2.23. The average molecular weight is 293 g/mol. The predicted molar refractivity (Wildman–Crippen MR) is 81.8 cm³/mol. The van der Waals surface area contributed by atoms with Crippen LogP contribution in [0.25, 0.3) is 11.4 Å². The van der Waals surface area contributed by atoms with Gasteiger partial charge in [-0.1, -0.05) is 60.2 Å². The summed E-state index contributed by atoms with van der Waals surface area (Å²) in [5.74, 6) is -0.0683. The fourth-order valence-electron chi connectivity index (χ4n) is 2.20. The van der Waals surface area contributed by atoms with Gasteiger partial charge in [0.05, 0.1) is 0 Å². The van der Waals surface area contributed by atoms with Crippen LogP contribution < -0.4 is 5.73 Å². The van der Waals surface area contributed by atoms with Crippen LogP contribution >= 0.6 is 0 Å². The van der Waals surface area contributed by atoms with E-state index >= 15 is 0 Å². The van der Waals surface area contributed by atoms with Crippen LogP contribution in [0.2, 0.25) is 0 Å². The van der Waals surface area contributed by atoms with Crippen LogP contribution in [0.15, 0.2) is 54.6 Å². The van der Waals surface area contributed by atoms with Gasteiger partial charge in [0.1, 0.15) is 0 Å². The molecule has 0 radical (unpaired) electrons. The molecular weight excluding hydrogens is 278 g/mol. The van der Waals surface area contributed by atoms with Crippen molar-refractivity contribution in [3.8, 4) is 11.4 Å². The SMILES string of the molecule is Cc1ccc(-c2nnn([C@@H](C(N)=O)c3ccccc3)n2)cc1. The lowest BCUT2D eigenvalue weighted by Crippen LogP contribution is -2.29. The number of benzene rings is 2. The third-order valence-electron chi connectivity index (χ3n) is 3.35. The lowest BCUT2D eigenvalue weighted by molar-refractivity contribution is -0.120. The van der Waals surface area contributed by atoms with E-state index in [4.69, 9.17) is 5.73 Å². The minimum Gasteiger partial charge on any atom is -0.367 e. The molecular formula is C16H15N5O. The van der Waals surface area contributed by atoms with Crippen molar-refractivity contribution < 1.29 is 4.79 Å². The molecule has 6 heteroatoms. The molecule has 1 atom stereocenters. The summed E-state index contributed by atoms with van der Waals surface area (Å²) in [7, 11) is 0. The molecule has 0 saturated heterocycles. The van der Waals surface area contributed by atoms with Gasteiger partial charge in [-0.15, -0.1) is 15.0 Å². The van der Waals surface area contributed by atoms with Gasteiger partial charge in [-0.25, -0.2) is 0 Å². The standard InChI is InChI=1S/C16H15N5O/c1-11-7-9-13(10-8-11)16-18-20-21(19-16)14(15(17)22)12-5-3-2-4-6-12/h2-10,14H,1H3,(H2,17,22)/t14-/m1/s1. The van der Waals surface area contributed by atoms with E-state index in [1.165, 1.54) is 4.80 Å². The third kappa shape index (κ3) is 2.71. The van der Waals surface area contributed by atoms with Crippen molar-refractivity contribution in [2.75, 3.05) is 0 Å². The number of tetrazole rings is 1. The molecule has 6 nitrogen and oxygen atoms in total. The van der Waals surface area contributed by atoms with Crippen LogP contribution in [0.4, 0.5) is 0 Å². The number of carbonyl (C=O) groups excluding carboxylic acids is 1. The van der Waals surface area contributed by atoms with Crippen LogP contribution in [-0.2, 0) is 4.79 Å². The summed E-state index contributed by atoms with van der Waals surface area (Å²) in [5, 5.41) is 12.3. The molecule has 22 heavy (non-hydrogen) atoms. The summed E-state index contributed by atoms with van der Waals surface area (Å²) in [6, 6.07) is 16.2. The summed E-state index contributed by atoms with van der Waals surface area (Å²) in [6.45, 7) is 2.01. The van der Waals surface area contributed by atoms with Crippen molar-refractivity contribution in [3.05, 3.63) is 65.7 Å². The van der Waals surface area contributed by atoms with Gasteiger partial charge < -0.3 is 5.73 Å². The Kier molecular flexibility index (Phi) is 3.65. The Balaban J connectivity index is 1.97. The second-order valence-electron chi connectivity index (χ2n) is 5.02. The van der Waals surface area contributed by atoms with E-state index in [1.54, 1.807) is 0 Å². The molecule has 0 saturated carbocycles. The Hall–Kier alpha value is -3.02. The number of nitrogens with zero attached hydrogens (tertiary/aromatic N) is 4. The summed E-state index contributed by atoms with van der Waals surface area (Å²) in [5.41, 5.74) is 8.22. The summed E-state index contributed by atoms with van der Waals surface area (Å²) >= 11 is 0. The molecule has 0 aliphatic carbocycles. The molecule has 3 rings (SSSR count). The molecule has 0 unspecified atom stereocenters. The first-order valence-corrected chi connectivity index (χ1v) is 6.86. The highest BCUT2D eigenvalue weighted by atomic mass is 16.1. The minimum absolute atomic E-state index is 0.460. The fourth-order valence-corrected chi connectivity index (χ4v) is 2.20. The van der Waals surface area contributed by atoms with E-state index in [-0.39, 0.29) is 0 Å². The van der Waals surface area contributed by atoms with Gasteiger partial charge >= 0.3 is 0 Å². The normalized spacial score (nSPS) is 12.0. The third-order valence-corrected chi connectivity index (χ3v) is 3.35. The smallest absolute Gasteiger partial charge is 0.248 e. The number of hydrogen-bond acceptors (Lipinski definition) is 4. The minimum atomic E-state index is -0.770. The van der Waals surface area contributed by atoms with E-state index < -0.39 is 11.9 Å². The molecule has 0 aliphatic heterocycles. The van der Waals surface area contributed by atoms with Crippen molar-refractivity contribution in [2.24, 2.45) is 5.73 Å². The molecule has 2 aromatic carbocycles. The van der Waals surface area contributed by atoms with Gasteiger partial charge in [0, 0.05) is 5.56 Å². The Bertz CT molecular complexity index is 780. The van der Waals surface area contributed by atoms with E-state index in [9.17, 15) is 4.79 Å². The molecule has 0 fully saturated rings. The lowest BCUT2D eigenvalue weighted by Gasteiger charge is -2.11. The number of hydrogen-bond donors (Lipinski definition) is 1. The lowest BCUT2D eigenvalue weighted by atomic mass is 10.1. The number of rotatable bonds is 4. The van der Waals surface area contributed by atoms with Crippen LogP contribution in [0, 0.1) is 6.92 Å². The molecule has 3 aromatic rings. The first kappa shape index (κ1) is 13.9. The number of aryl methyl sites for hydroxylation is 1. The van der Waals surface area contributed by atoms with E-state index in [2.05, 4.69) is 15.4 Å². The monoisotopic (exact) mass is 293 g/mol. The number of primary amides is 1. The zero-order valence-electron chi connectivity index (χ0n) is 12.0. The van der Waals surface area contributed by atoms with Gasteiger partial charge in [-0.05, 0) is 17.7 Å². The van der Waals surface area contributed by atoms with Crippen molar-refractivity contribution in [3.63, 3.8) is 0 Å². The Labute approximate surface area is 127 Å². The van der Waals surface area contributed by atoms with E-state index in [0.717, 1.165) is 16.7 Å². The molecule has 1 heterocycles. The topological polar surface area (TPSA) is 86.7 Å². The van der Waals surface area contributed by atoms with Gasteiger partial charge in [0.2, 0.25) is 11.7 Å². The molecule has 1 aromatic heterocycles. The average Bonchev–Trinajstić information content (AvgIpc) is 2.98. The summed E-state index contributed by atoms with van der Waals surface area (Å²) in [4.78, 5) is 13.0. The Morgan fingerprint density at radius 3 is 2.41 bits per heavy atom. The highest BCUT2D eigenvalue weighted by molar-refractivity contribution is 5.81. The molecule has 2 N–H and O–H groups in total. The molecule has 0 spiro atoms. The summed E-state index contributed by atoms with van der Waals surface area (Å²) in [6.07, 6.45) is 0. The fraction of sp³-hybridized carbons (Fsp3) is 0.125. The zero-order chi connectivity index (χ0) is 15.5. The Morgan fingerprint density at radius 2 is 1.77 bits per heavy atom. The maximum atomic E-state index is 11.8. The molecule has 0 bridgehead atoms. The second kappa shape index (κ2) is 5.77. The van der Waals surface area contributed by atoms with Crippen molar-refractivity contribution in [1.29, 1.82) is 0 Å². The highest BCUT2D eigenvalue weighted by Crippen LogP contribution is 2.19. The first-order chi connectivity index (χ1) is 10.6. The number of aromatic nitrogens is 4. The maximum absolute atomic E-state index is 11.8. The molecule has 1 amide bonds. The number of nitrogens with two attached hydrogens (primary N) is 1. The molecule has 0 aliphatic rings. The van der Waals surface area contributed by atoms with Crippen LogP contribution in [0.1, 0.15) is 17.2 Å². The van der Waals surface area contributed by atoms with Crippen LogP contribution in [-0.4, -0.2) is 26.1 Å². The van der Waals surface area contributed by atoms with E-state index in [0.29, 0.717) is 5.82 Å². The van der Waals surface area contributed by atoms with Gasteiger partial charge in [0.15, 0.2) is 6.04 Å². The quantitative estimate of drug-likeness (QED) is 0.793. The maximum Gasteiger partial charge on any atom is 0.248 e. The summed E-state index contributed by atoms with van der Waals surface area (Å²) < 4.78 is 0. The number of carbonyl (C=O) groups is 1.